The third-order valence-corrected chi connectivity index (χ3v) is 6.35. The second kappa shape index (κ2) is 10.3. The maximum absolute atomic E-state index is 6.16. The molecule has 6 heteroatoms. The van der Waals surface area contributed by atoms with E-state index in [9.17, 15) is 0 Å². The van der Waals surface area contributed by atoms with E-state index in [4.69, 9.17) is 14.2 Å². The number of benzene rings is 2. The maximum Gasteiger partial charge on any atom is 0.191 e. The molecule has 0 aromatic heterocycles. The monoisotopic (exact) mass is 437 g/mol. The number of aliphatic imine (C=N–C) groups is 1. The minimum Gasteiger partial charge on any atom is -0.496 e. The lowest BCUT2D eigenvalue weighted by Gasteiger charge is -2.32. The third kappa shape index (κ3) is 5.18. The topological polar surface area (TPSA) is 64.1 Å². The molecule has 0 aliphatic carbocycles. The molecule has 3 unspecified atom stereocenters. The van der Waals surface area contributed by atoms with Gasteiger partial charge in [-0.1, -0.05) is 29.8 Å². The molecule has 0 saturated carbocycles. The fourth-order valence-corrected chi connectivity index (χ4v) is 4.61. The number of methoxy groups -OCH3 is 1. The smallest absolute Gasteiger partial charge is 0.191 e. The van der Waals surface area contributed by atoms with Crippen LogP contribution < -0.4 is 20.1 Å². The Bertz CT molecular complexity index is 942. The van der Waals surface area contributed by atoms with Crippen LogP contribution >= 0.6 is 0 Å². The summed E-state index contributed by atoms with van der Waals surface area (Å²) in [5, 5.41) is 6.93. The predicted octanol–water partition coefficient (Wildman–Crippen LogP) is 4.16. The Balaban J connectivity index is 1.37. The fraction of sp³-hybridized carbons (Fsp3) is 0.500. The highest BCUT2D eigenvalue weighted by Crippen LogP contribution is 2.35. The molecule has 2 aromatic carbocycles. The minimum absolute atomic E-state index is 0.117. The zero-order valence-electron chi connectivity index (χ0n) is 19.6. The summed E-state index contributed by atoms with van der Waals surface area (Å²) in [7, 11) is 3.51. The van der Waals surface area contributed by atoms with Crippen molar-refractivity contribution in [2.75, 3.05) is 27.3 Å². The zero-order valence-corrected chi connectivity index (χ0v) is 19.6. The molecule has 2 aromatic rings. The summed E-state index contributed by atoms with van der Waals surface area (Å²) in [6.45, 7) is 6.44. The first-order valence-electron chi connectivity index (χ1n) is 11.6. The molecule has 2 heterocycles. The molecule has 0 amide bonds. The molecule has 172 valence electrons. The average molecular weight is 438 g/mol. The van der Waals surface area contributed by atoms with Crippen LogP contribution in [0.3, 0.4) is 0 Å². The van der Waals surface area contributed by atoms with E-state index < -0.39 is 0 Å². The van der Waals surface area contributed by atoms with Gasteiger partial charge < -0.3 is 24.8 Å². The first-order valence-corrected chi connectivity index (χ1v) is 11.6. The third-order valence-electron chi connectivity index (χ3n) is 6.35. The van der Waals surface area contributed by atoms with E-state index in [0.29, 0.717) is 12.5 Å². The summed E-state index contributed by atoms with van der Waals surface area (Å²) in [5.41, 5.74) is 4.79. The largest absolute Gasteiger partial charge is 0.496 e. The van der Waals surface area contributed by atoms with Crippen molar-refractivity contribution in [2.24, 2.45) is 10.9 Å². The molecule has 1 fully saturated rings. The van der Waals surface area contributed by atoms with Crippen molar-refractivity contribution in [2.45, 2.75) is 51.9 Å². The molecule has 0 radical (unpaired) electrons. The van der Waals surface area contributed by atoms with Crippen LogP contribution in [-0.4, -0.2) is 39.4 Å². The van der Waals surface area contributed by atoms with Gasteiger partial charge in [0.2, 0.25) is 0 Å². The molecule has 4 rings (SSSR count). The predicted molar refractivity (Wildman–Crippen MR) is 128 cm³/mol. The average Bonchev–Trinajstić information content (AvgIpc) is 3.18. The Labute approximate surface area is 191 Å². The Kier molecular flexibility index (Phi) is 7.20. The highest BCUT2D eigenvalue weighted by atomic mass is 16.5. The van der Waals surface area contributed by atoms with Gasteiger partial charge in [0, 0.05) is 50.2 Å². The van der Waals surface area contributed by atoms with Crippen molar-refractivity contribution in [1.82, 2.24) is 10.6 Å². The van der Waals surface area contributed by atoms with Gasteiger partial charge in [0.15, 0.2) is 5.96 Å². The quantitative estimate of drug-likeness (QED) is 0.525. The van der Waals surface area contributed by atoms with Crippen LogP contribution in [0.4, 0.5) is 0 Å². The van der Waals surface area contributed by atoms with E-state index in [1.54, 1.807) is 14.2 Å². The molecule has 2 aliphatic rings. The number of rotatable bonds is 6. The normalized spacial score (nSPS) is 22.8. The summed E-state index contributed by atoms with van der Waals surface area (Å²) >= 11 is 0. The van der Waals surface area contributed by atoms with Gasteiger partial charge in [-0.2, -0.15) is 0 Å². The molecule has 32 heavy (non-hydrogen) atoms. The summed E-state index contributed by atoms with van der Waals surface area (Å²) in [5.74, 6) is 3.01. The standard InChI is InChI=1S/C26H35N3O3/c1-17-7-9-19(10-8-17)25-20(6-5-11-31-25)15-28-26(27-3)29-16-22-14-24-21(12-18(2)32-24)13-23(22)30-4/h7-10,13-14,18,20,25H,5-6,11-12,15-16H2,1-4H3,(H2,27,28,29). The van der Waals surface area contributed by atoms with Gasteiger partial charge in [-0.05, 0) is 44.4 Å². The molecule has 2 N–H and O–H groups in total. The Morgan fingerprint density at radius 2 is 2.00 bits per heavy atom. The lowest BCUT2D eigenvalue weighted by molar-refractivity contribution is -0.0265. The highest BCUT2D eigenvalue weighted by molar-refractivity contribution is 5.79. The van der Waals surface area contributed by atoms with Crippen molar-refractivity contribution in [3.63, 3.8) is 0 Å². The minimum atomic E-state index is 0.117. The van der Waals surface area contributed by atoms with Crippen molar-refractivity contribution in [1.29, 1.82) is 0 Å². The molecule has 0 bridgehead atoms. The molecule has 2 aliphatic heterocycles. The molecule has 3 atom stereocenters. The molecular formula is C26H35N3O3. The highest BCUT2D eigenvalue weighted by Gasteiger charge is 2.27. The van der Waals surface area contributed by atoms with Crippen molar-refractivity contribution in [3.8, 4) is 11.5 Å². The van der Waals surface area contributed by atoms with E-state index in [1.807, 2.05) is 0 Å². The summed E-state index contributed by atoms with van der Waals surface area (Å²) < 4.78 is 17.7. The summed E-state index contributed by atoms with van der Waals surface area (Å²) in [6, 6.07) is 12.9. The lowest BCUT2D eigenvalue weighted by atomic mass is 9.89. The SMILES string of the molecule is CN=C(NCc1cc2c(cc1OC)CC(C)O2)NCC1CCCOC1c1ccc(C)cc1. The number of ether oxygens (including phenoxy) is 3. The van der Waals surface area contributed by atoms with E-state index in [2.05, 4.69) is 65.9 Å². The Hall–Kier alpha value is -2.73. The van der Waals surface area contributed by atoms with Gasteiger partial charge in [0.1, 0.15) is 17.6 Å². The number of nitrogens with zero attached hydrogens (tertiary/aromatic N) is 1. The lowest BCUT2D eigenvalue weighted by Crippen LogP contribution is -2.41. The summed E-state index contributed by atoms with van der Waals surface area (Å²) in [6.07, 6.45) is 3.48. The number of aryl methyl sites for hydroxylation is 1. The van der Waals surface area contributed by atoms with Gasteiger partial charge in [-0.3, -0.25) is 4.99 Å². The van der Waals surface area contributed by atoms with Crippen LogP contribution in [0.5, 0.6) is 11.5 Å². The molecular weight excluding hydrogens is 402 g/mol. The van der Waals surface area contributed by atoms with E-state index in [1.165, 1.54) is 16.7 Å². The van der Waals surface area contributed by atoms with Gasteiger partial charge >= 0.3 is 0 Å². The Morgan fingerprint density at radius 3 is 2.75 bits per heavy atom. The van der Waals surface area contributed by atoms with Crippen molar-refractivity contribution >= 4 is 5.96 Å². The van der Waals surface area contributed by atoms with Gasteiger partial charge in [0.25, 0.3) is 0 Å². The number of nitrogens with one attached hydrogen (secondary N) is 2. The van der Waals surface area contributed by atoms with Crippen LogP contribution in [0, 0.1) is 12.8 Å². The van der Waals surface area contributed by atoms with Crippen LogP contribution in [0.1, 0.15) is 48.1 Å². The zero-order chi connectivity index (χ0) is 22.5. The Morgan fingerprint density at radius 1 is 1.19 bits per heavy atom. The molecule has 6 nitrogen and oxygen atoms in total. The molecule has 0 spiro atoms. The van der Waals surface area contributed by atoms with Crippen molar-refractivity contribution < 1.29 is 14.2 Å². The first kappa shape index (κ1) is 22.5. The fourth-order valence-electron chi connectivity index (χ4n) is 4.61. The van der Waals surface area contributed by atoms with Gasteiger partial charge in [0.05, 0.1) is 13.2 Å². The van der Waals surface area contributed by atoms with Crippen molar-refractivity contribution in [3.05, 3.63) is 58.7 Å². The van der Waals surface area contributed by atoms with Gasteiger partial charge in [-0.15, -0.1) is 0 Å². The van der Waals surface area contributed by atoms with Crippen LogP contribution in [-0.2, 0) is 17.7 Å². The number of guanidine groups is 1. The maximum atomic E-state index is 6.16. The van der Waals surface area contributed by atoms with Crippen LogP contribution in [0.15, 0.2) is 41.4 Å². The van der Waals surface area contributed by atoms with E-state index >= 15 is 0 Å². The number of hydrogen-bond acceptors (Lipinski definition) is 4. The first-order chi connectivity index (χ1) is 15.6. The number of hydrogen-bond donors (Lipinski definition) is 2. The second-order valence-electron chi connectivity index (χ2n) is 8.82. The van der Waals surface area contributed by atoms with Gasteiger partial charge in [-0.25, -0.2) is 0 Å². The van der Waals surface area contributed by atoms with E-state index in [0.717, 1.165) is 55.4 Å². The number of fused-ring (bicyclic) bond motifs is 1. The van der Waals surface area contributed by atoms with Crippen LogP contribution in [0.25, 0.3) is 0 Å². The second-order valence-corrected chi connectivity index (χ2v) is 8.82. The van der Waals surface area contributed by atoms with Crippen LogP contribution in [0.2, 0.25) is 0 Å². The van der Waals surface area contributed by atoms with E-state index in [-0.39, 0.29) is 12.2 Å². The molecule has 1 saturated heterocycles. The summed E-state index contributed by atoms with van der Waals surface area (Å²) in [4.78, 5) is 4.42.